The third-order valence-electron chi connectivity index (χ3n) is 3.07. The second kappa shape index (κ2) is 6.47. The van der Waals surface area contributed by atoms with Crippen LogP contribution in [-0.4, -0.2) is 12.4 Å². The lowest BCUT2D eigenvalue weighted by atomic mass is 9.99. The lowest BCUT2D eigenvalue weighted by Crippen LogP contribution is -2.08. The van der Waals surface area contributed by atoms with E-state index >= 15 is 0 Å². The third kappa shape index (κ3) is 2.88. The van der Waals surface area contributed by atoms with E-state index in [1.807, 2.05) is 0 Å². The van der Waals surface area contributed by atoms with Crippen LogP contribution in [0.4, 0.5) is 13.2 Å². The highest BCUT2D eigenvalue weighted by Crippen LogP contribution is 2.31. The first-order chi connectivity index (χ1) is 10.5. The van der Waals surface area contributed by atoms with Gasteiger partial charge in [0.2, 0.25) is 0 Å². The Morgan fingerprint density at radius 3 is 2.18 bits per heavy atom. The number of nitriles is 1. The summed E-state index contributed by atoms with van der Waals surface area (Å²) in [6, 6.07) is 6.66. The molecule has 1 N–H and O–H groups in total. The highest BCUT2D eigenvalue weighted by Gasteiger charge is 2.23. The molecule has 4 nitrogen and oxygen atoms in total. The average molecular weight is 309 g/mol. The van der Waals surface area contributed by atoms with Gasteiger partial charge in [0.1, 0.15) is 40.9 Å². The Hall–Kier alpha value is -2.56. The first-order valence-corrected chi connectivity index (χ1v) is 6.04. The minimum Gasteiger partial charge on any atom is -0.497 e. The highest BCUT2D eigenvalue weighted by molar-refractivity contribution is 5.40. The summed E-state index contributed by atoms with van der Waals surface area (Å²) < 4.78 is 46.1. The van der Waals surface area contributed by atoms with Crippen molar-refractivity contribution in [2.45, 2.75) is 6.10 Å². The van der Waals surface area contributed by atoms with E-state index in [0.29, 0.717) is 0 Å². The standard InChI is InChI=1S/C15H10F3NO3/c1-21-9-2-3-10(14(18)6-9)15(22-20)8-4-12(16)11(7-19)13(17)5-8/h2-6,15,20H,1H3. The van der Waals surface area contributed by atoms with E-state index < -0.39 is 29.1 Å². The number of hydrogen-bond donors (Lipinski definition) is 1. The largest absolute Gasteiger partial charge is 0.497 e. The molecule has 0 saturated heterocycles. The topological polar surface area (TPSA) is 62.5 Å². The van der Waals surface area contributed by atoms with E-state index in [2.05, 4.69) is 4.89 Å². The molecule has 2 aromatic carbocycles. The summed E-state index contributed by atoms with van der Waals surface area (Å²) in [5.41, 5.74) is -1.09. The molecule has 1 unspecified atom stereocenters. The number of hydrogen-bond acceptors (Lipinski definition) is 4. The summed E-state index contributed by atoms with van der Waals surface area (Å²) in [7, 11) is 1.35. The minimum absolute atomic E-state index is 0.146. The van der Waals surface area contributed by atoms with Gasteiger partial charge in [-0.05, 0) is 29.8 Å². The maximum absolute atomic E-state index is 14.0. The van der Waals surface area contributed by atoms with Gasteiger partial charge < -0.3 is 4.74 Å². The van der Waals surface area contributed by atoms with Crippen LogP contribution in [0, 0.1) is 28.8 Å². The van der Waals surface area contributed by atoms with Crippen molar-refractivity contribution in [3.05, 3.63) is 64.5 Å². The summed E-state index contributed by atoms with van der Waals surface area (Å²) in [5.74, 6) is -2.82. The molecule has 114 valence electrons. The normalized spacial score (nSPS) is 11.8. The van der Waals surface area contributed by atoms with Crippen molar-refractivity contribution in [2.24, 2.45) is 0 Å². The van der Waals surface area contributed by atoms with E-state index in [-0.39, 0.29) is 16.9 Å². The summed E-state index contributed by atoms with van der Waals surface area (Å²) >= 11 is 0. The van der Waals surface area contributed by atoms with E-state index in [4.69, 9.17) is 15.3 Å². The van der Waals surface area contributed by atoms with Crippen molar-refractivity contribution < 1.29 is 28.1 Å². The van der Waals surface area contributed by atoms with Crippen molar-refractivity contribution in [2.75, 3.05) is 7.11 Å². The van der Waals surface area contributed by atoms with Crippen molar-refractivity contribution in [1.82, 2.24) is 0 Å². The summed E-state index contributed by atoms with van der Waals surface area (Å²) in [6.07, 6.45) is -1.46. The fourth-order valence-corrected chi connectivity index (χ4v) is 2.00. The monoisotopic (exact) mass is 309 g/mol. The van der Waals surface area contributed by atoms with Crippen LogP contribution in [0.3, 0.4) is 0 Å². The molecule has 0 amide bonds. The molecule has 2 aromatic rings. The summed E-state index contributed by atoms with van der Waals surface area (Å²) in [4.78, 5) is 4.16. The molecule has 0 radical (unpaired) electrons. The first kappa shape index (κ1) is 15.8. The molecule has 22 heavy (non-hydrogen) atoms. The molecule has 2 rings (SSSR count). The molecule has 0 aliphatic heterocycles. The molecule has 0 saturated carbocycles. The Kier molecular flexibility index (Phi) is 4.65. The summed E-state index contributed by atoms with van der Waals surface area (Å²) in [5, 5.41) is 17.6. The molecule has 0 aliphatic rings. The van der Waals surface area contributed by atoms with Gasteiger partial charge in [0.05, 0.1) is 7.11 Å². The van der Waals surface area contributed by atoms with E-state index in [9.17, 15) is 13.2 Å². The zero-order chi connectivity index (χ0) is 16.3. The highest BCUT2D eigenvalue weighted by atomic mass is 19.1. The van der Waals surface area contributed by atoms with Crippen molar-refractivity contribution in [3.8, 4) is 11.8 Å². The molecule has 0 aliphatic carbocycles. The molecule has 0 fully saturated rings. The van der Waals surface area contributed by atoms with Crippen LogP contribution >= 0.6 is 0 Å². The predicted octanol–water partition coefficient (Wildman–Crippen LogP) is 3.56. The van der Waals surface area contributed by atoms with Gasteiger partial charge in [0, 0.05) is 11.6 Å². The fraction of sp³-hybridized carbons (Fsp3) is 0.133. The van der Waals surface area contributed by atoms with Crippen LogP contribution in [0.2, 0.25) is 0 Å². The minimum atomic E-state index is -1.46. The molecule has 0 heterocycles. The van der Waals surface area contributed by atoms with Crippen LogP contribution in [0.1, 0.15) is 22.8 Å². The molecular formula is C15H10F3NO3. The van der Waals surface area contributed by atoms with Gasteiger partial charge >= 0.3 is 0 Å². The van der Waals surface area contributed by atoms with Crippen molar-refractivity contribution in [3.63, 3.8) is 0 Å². The van der Waals surface area contributed by atoms with Crippen LogP contribution in [0.25, 0.3) is 0 Å². The van der Waals surface area contributed by atoms with Crippen LogP contribution in [-0.2, 0) is 4.89 Å². The van der Waals surface area contributed by atoms with Gasteiger partial charge in [-0.3, -0.25) is 5.26 Å². The van der Waals surface area contributed by atoms with Crippen LogP contribution in [0.15, 0.2) is 30.3 Å². The Bertz CT molecular complexity index is 720. The Labute approximate surface area is 123 Å². The lowest BCUT2D eigenvalue weighted by Gasteiger charge is -2.16. The van der Waals surface area contributed by atoms with Gasteiger partial charge in [-0.2, -0.15) is 5.26 Å². The molecule has 0 aromatic heterocycles. The zero-order valence-corrected chi connectivity index (χ0v) is 11.3. The Balaban J connectivity index is 2.52. The molecule has 0 bridgehead atoms. The number of rotatable bonds is 4. The van der Waals surface area contributed by atoms with Crippen LogP contribution < -0.4 is 4.74 Å². The van der Waals surface area contributed by atoms with Crippen molar-refractivity contribution >= 4 is 0 Å². The van der Waals surface area contributed by atoms with Gasteiger partial charge in [0.25, 0.3) is 0 Å². The number of halogens is 3. The second-order valence-corrected chi connectivity index (χ2v) is 4.34. The molecular weight excluding hydrogens is 299 g/mol. The molecule has 7 heteroatoms. The van der Waals surface area contributed by atoms with E-state index in [0.717, 1.165) is 18.2 Å². The van der Waals surface area contributed by atoms with E-state index in [1.54, 1.807) is 0 Å². The van der Waals surface area contributed by atoms with Gasteiger partial charge in [-0.1, -0.05) is 0 Å². The Morgan fingerprint density at radius 1 is 1.09 bits per heavy atom. The number of benzene rings is 2. The maximum atomic E-state index is 14.0. The number of methoxy groups -OCH3 is 1. The second-order valence-electron chi connectivity index (χ2n) is 4.34. The smallest absolute Gasteiger partial charge is 0.146 e. The lowest BCUT2D eigenvalue weighted by molar-refractivity contribution is -0.271. The fourth-order valence-electron chi connectivity index (χ4n) is 2.00. The molecule has 0 spiro atoms. The Morgan fingerprint density at radius 2 is 1.73 bits per heavy atom. The van der Waals surface area contributed by atoms with Gasteiger partial charge in [0.15, 0.2) is 0 Å². The number of ether oxygens (including phenoxy) is 1. The van der Waals surface area contributed by atoms with Crippen LogP contribution in [0.5, 0.6) is 5.75 Å². The average Bonchev–Trinajstić information content (AvgIpc) is 2.49. The maximum Gasteiger partial charge on any atom is 0.146 e. The van der Waals surface area contributed by atoms with Crippen molar-refractivity contribution in [1.29, 1.82) is 5.26 Å². The molecule has 1 atom stereocenters. The van der Waals surface area contributed by atoms with E-state index in [1.165, 1.54) is 25.3 Å². The quantitative estimate of drug-likeness (QED) is 0.693. The van der Waals surface area contributed by atoms with Gasteiger partial charge in [-0.25, -0.2) is 18.1 Å². The zero-order valence-electron chi connectivity index (χ0n) is 11.3. The first-order valence-electron chi connectivity index (χ1n) is 6.04. The third-order valence-corrected chi connectivity index (χ3v) is 3.07. The summed E-state index contributed by atoms with van der Waals surface area (Å²) in [6.45, 7) is 0. The number of nitrogens with zero attached hydrogens (tertiary/aromatic N) is 1. The predicted molar refractivity (Wildman–Crippen MR) is 69.6 cm³/mol. The van der Waals surface area contributed by atoms with Gasteiger partial charge in [-0.15, -0.1) is 0 Å². The SMILES string of the molecule is COc1ccc(C(OO)c2cc(F)c(C#N)c(F)c2)c(F)c1.